The molecule has 1 fully saturated rings. The summed E-state index contributed by atoms with van der Waals surface area (Å²) in [6.07, 6.45) is 3.52. The third kappa shape index (κ3) is 2.93. The lowest BCUT2D eigenvalue weighted by atomic mass is 9.71. The summed E-state index contributed by atoms with van der Waals surface area (Å²) in [6.45, 7) is 8.40. The fourth-order valence-electron chi connectivity index (χ4n) is 2.71. The molecule has 0 spiro atoms. The number of hydrogen-bond donors (Lipinski definition) is 1. The lowest BCUT2D eigenvalue weighted by Gasteiger charge is -2.44. The van der Waals surface area contributed by atoms with Crippen molar-refractivity contribution in [3.8, 4) is 0 Å². The highest BCUT2D eigenvalue weighted by atomic mass is 16.5. The van der Waals surface area contributed by atoms with Crippen LogP contribution >= 0.6 is 0 Å². The molecule has 0 aromatic heterocycles. The van der Waals surface area contributed by atoms with Crippen LogP contribution in [0.15, 0.2) is 24.3 Å². The molecule has 0 unspecified atom stereocenters. The third-order valence-electron chi connectivity index (χ3n) is 4.01. The number of ether oxygens (including phenoxy) is 1. The van der Waals surface area contributed by atoms with Gasteiger partial charge in [-0.25, -0.2) is 0 Å². The third-order valence-corrected chi connectivity index (χ3v) is 4.01. The summed E-state index contributed by atoms with van der Waals surface area (Å²) in [5, 5.41) is 3.42. The molecule has 0 aliphatic carbocycles. The Morgan fingerprint density at radius 2 is 2.00 bits per heavy atom. The van der Waals surface area contributed by atoms with Crippen molar-refractivity contribution in [3.63, 3.8) is 0 Å². The van der Waals surface area contributed by atoms with E-state index >= 15 is 0 Å². The van der Waals surface area contributed by atoms with Crippen molar-refractivity contribution in [1.29, 1.82) is 0 Å². The Hall–Kier alpha value is -0.860. The number of rotatable bonds is 7. The van der Waals surface area contributed by atoms with Gasteiger partial charge in [0.15, 0.2) is 0 Å². The second-order valence-electron chi connectivity index (χ2n) is 5.41. The Bertz CT molecular complexity index is 371. The quantitative estimate of drug-likeness (QED) is 0.748. The lowest BCUT2D eigenvalue weighted by molar-refractivity contribution is 0.0971. The molecule has 1 aliphatic rings. The van der Waals surface area contributed by atoms with E-state index in [1.54, 1.807) is 0 Å². The standard InChI is InChI=1S/C16H25NO/c1-3-4-10-18-11-9-16(12-17-13-16)15-8-6-5-7-14(15)2/h5-8,17H,3-4,9-13H2,1-2H3. The number of nitrogens with one attached hydrogen (secondary N) is 1. The summed E-state index contributed by atoms with van der Waals surface area (Å²) in [7, 11) is 0. The molecule has 2 heteroatoms. The van der Waals surface area contributed by atoms with Gasteiger partial charge in [0, 0.05) is 31.7 Å². The van der Waals surface area contributed by atoms with Crippen LogP contribution < -0.4 is 5.32 Å². The summed E-state index contributed by atoms with van der Waals surface area (Å²) in [5.74, 6) is 0. The Morgan fingerprint density at radius 3 is 2.61 bits per heavy atom. The Balaban J connectivity index is 1.92. The van der Waals surface area contributed by atoms with Crippen LogP contribution in [-0.2, 0) is 10.2 Å². The summed E-state index contributed by atoms with van der Waals surface area (Å²) < 4.78 is 5.74. The molecule has 100 valence electrons. The van der Waals surface area contributed by atoms with Crippen molar-refractivity contribution < 1.29 is 4.74 Å². The normalized spacial score (nSPS) is 17.4. The van der Waals surface area contributed by atoms with Crippen LogP contribution in [0.2, 0.25) is 0 Å². The molecular weight excluding hydrogens is 222 g/mol. The van der Waals surface area contributed by atoms with E-state index in [4.69, 9.17) is 4.74 Å². The molecule has 1 saturated heterocycles. The Morgan fingerprint density at radius 1 is 1.22 bits per heavy atom. The summed E-state index contributed by atoms with van der Waals surface area (Å²) in [6, 6.07) is 8.77. The van der Waals surface area contributed by atoms with Crippen LogP contribution in [0.25, 0.3) is 0 Å². The van der Waals surface area contributed by atoms with Gasteiger partial charge in [-0.15, -0.1) is 0 Å². The largest absolute Gasteiger partial charge is 0.381 e. The summed E-state index contributed by atoms with van der Waals surface area (Å²) in [4.78, 5) is 0. The minimum atomic E-state index is 0.317. The molecule has 0 amide bonds. The zero-order valence-electron chi connectivity index (χ0n) is 11.7. The SMILES string of the molecule is CCCCOCCC1(c2ccccc2C)CNC1. The van der Waals surface area contributed by atoms with Crippen molar-refractivity contribution in [2.45, 2.75) is 38.5 Å². The highest BCUT2D eigenvalue weighted by Crippen LogP contribution is 2.34. The Kier molecular flexibility index (Phi) is 4.79. The fourth-order valence-corrected chi connectivity index (χ4v) is 2.71. The second-order valence-corrected chi connectivity index (χ2v) is 5.41. The smallest absolute Gasteiger partial charge is 0.0475 e. The highest BCUT2D eigenvalue weighted by molar-refractivity contribution is 5.36. The van der Waals surface area contributed by atoms with E-state index in [1.165, 1.54) is 24.0 Å². The van der Waals surface area contributed by atoms with E-state index in [0.29, 0.717) is 5.41 Å². The summed E-state index contributed by atoms with van der Waals surface area (Å²) in [5.41, 5.74) is 3.23. The second kappa shape index (κ2) is 6.35. The zero-order chi connectivity index (χ0) is 12.8. The van der Waals surface area contributed by atoms with E-state index in [2.05, 4.69) is 43.4 Å². The summed E-state index contributed by atoms with van der Waals surface area (Å²) >= 11 is 0. The molecular formula is C16H25NO. The van der Waals surface area contributed by atoms with Crippen LogP contribution in [-0.4, -0.2) is 26.3 Å². The monoisotopic (exact) mass is 247 g/mol. The van der Waals surface area contributed by atoms with E-state index in [-0.39, 0.29) is 0 Å². The van der Waals surface area contributed by atoms with Gasteiger partial charge in [0.05, 0.1) is 0 Å². The van der Waals surface area contributed by atoms with Crippen molar-refractivity contribution in [2.75, 3.05) is 26.3 Å². The Labute approximate surface area is 111 Å². The molecule has 0 bridgehead atoms. The number of benzene rings is 1. The highest BCUT2D eigenvalue weighted by Gasteiger charge is 2.38. The zero-order valence-corrected chi connectivity index (χ0v) is 11.7. The molecule has 1 aromatic carbocycles. The van der Waals surface area contributed by atoms with Gasteiger partial charge in [-0.05, 0) is 30.9 Å². The molecule has 1 heterocycles. The minimum absolute atomic E-state index is 0.317. The van der Waals surface area contributed by atoms with Gasteiger partial charge < -0.3 is 10.1 Å². The first kappa shape index (κ1) is 13.6. The van der Waals surface area contributed by atoms with Gasteiger partial charge in [0.25, 0.3) is 0 Å². The molecule has 2 nitrogen and oxygen atoms in total. The van der Waals surface area contributed by atoms with Gasteiger partial charge in [0.2, 0.25) is 0 Å². The molecule has 1 aromatic rings. The predicted molar refractivity (Wildman–Crippen MR) is 76.1 cm³/mol. The maximum Gasteiger partial charge on any atom is 0.0475 e. The van der Waals surface area contributed by atoms with Crippen LogP contribution in [0, 0.1) is 6.92 Å². The van der Waals surface area contributed by atoms with E-state index in [0.717, 1.165) is 32.7 Å². The number of hydrogen-bond acceptors (Lipinski definition) is 2. The first-order chi connectivity index (χ1) is 8.78. The predicted octanol–water partition coefficient (Wildman–Crippen LogP) is 3.04. The number of aryl methyl sites for hydroxylation is 1. The average molecular weight is 247 g/mol. The molecule has 0 radical (unpaired) electrons. The first-order valence-corrected chi connectivity index (χ1v) is 7.13. The van der Waals surface area contributed by atoms with Crippen LogP contribution in [0.5, 0.6) is 0 Å². The average Bonchev–Trinajstić information content (AvgIpc) is 2.33. The van der Waals surface area contributed by atoms with Crippen molar-refractivity contribution in [2.24, 2.45) is 0 Å². The van der Waals surface area contributed by atoms with Gasteiger partial charge >= 0.3 is 0 Å². The van der Waals surface area contributed by atoms with Crippen molar-refractivity contribution in [1.82, 2.24) is 5.32 Å². The molecule has 0 atom stereocenters. The maximum absolute atomic E-state index is 5.74. The molecule has 18 heavy (non-hydrogen) atoms. The molecule has 0 saturated carbocycles. The maximum atomic E-state index is 5.74. The molecule has 1 N–H and O–H groups in total. The first-order valence-electron chi connectivity index (χ1n) is 7.13. The van der Waals surface area contributed by atoms with E-state index < -0.39 is 0 Å². The van der Waals surface area contributed by atoms with Crippen molar-refractivity contribution >= 4 is 0 Å². The fraction of sp³-hybridized carbons (Fsp3) is 0.625. The van der Waals surface area contributed by atoms with Crippen LogP contribution in [0.1, 0.15) is 37.3 Å². The van der Waals surface area contributed by atoms with Gasteiger partial charge in [-0.1, -0.05) is 37.6 Å². The van der Waals surface area contributed by atoms with Crippen LogP contribution in [0.4, 0.5) is 0 Å². The van der Waals surface area contributed by atoms with E-state index in [1.807, 2.05) is 0 Å². The molecule has 1 aliphatic heterocycles. The van der Waals surface area contributed by atoms with Crippen molar-refractivity contribution in [3.05, 3.63) is 35.4 Å². The van der Waals surface area contributed by atoms with Gasteiger partial charge in [-0.2, -0.15) is 0 Å². The topological polar surface area (TPSA) is 21.3 Å². The number of unbranched alkanes of at least 4 members (excludes halogenated alkanes) is 1. The van der Waals surface area contributed by atoms with Crippen LogP contribution in [0.3, 0.4) is 0 Å². The van der Waals surface area contributed by atoms with E-state index in [9.17, 15) is 0 Å². The minimum Gasteiger partial charge on any atom is -0.381 e. The van der Waals surface area contributed by atoms with Gasteiger partial charge in [0.1, 0.15) is 0 Å². The lowest BCUT2D eigenvalue weighted by Crippen LogP contribution is -2.57. The van der Waals surface area contributed by atoms with Gasteiger partial charge in [-0.3, -0.25) is 0 Å². The molecule has 2 rings (SSSR count).